The summed E-state index contributed by atoms with van der Waals surface area (Å²) < 4.78 is 39.2. The number of piperidine rings is 1. The smallest absolute Gasteiger partial charge is 0.254 e. The molecule has 4 rings (SSSR count). The third-order valence-corrected chi connectivity index (χ3v) is 8.15. The van der Waals surface area contributed by atoms with Crippen molar-refractivity contribution in [1.82, 2.24) is 15.5 Å². The number of carbonyl (C=O) groups excluding carboxylic acids is 2. The molecule has 2 aliphatic heterocycles. The largest absolute Gasteiger partial charge is 0.396 e. The Balaban J connectivity index is 1.55. The van der Waals surface area contributed by atoms with E-state index in [1.54, 1.807) is 37.1 Å². The molecule has 2 aliphatic rings. The number of nitrogens with zero attached hydrogens (tertiary/aromatic N) is 1. The summed E-state index contributed by atoms with van der Waals surface area (Å²) in [5, 5.41) is 26.7. The summed E-state index contributed by atoms with van der Waals surface area (Å²) in [6, 6.07) is 6.69. The van der Waals surface area contributed by atoms with E-state index in [0.717, 1.165) is 30.9 Å². The van der Waals surface area contributed by atoms with Gasteiger partial charge in [-0.2, -0.15) is 0 Å². The standard InChI is InChI=1S/C32H43F2N3O6/c1-20-11-22(16-23(12-20)32(41)37-8-3-5-26(37)19-42-2)31(40)36-29(15-21-13-24(33)17-25(34)14-21)30(39)28-18-27(6-7-35-28)43-10-4-9-38/h11-14,16-17,26-30,35,38-39H,3-10,15,18-19H2,1-2H3,(H,36,40)/t26-,27?,28?,29?,30?/m1/s1. The van der Waals surface area contributed by atoms with Crippen LogP contribution in [0, 0.1) is 18.6 Å². The van der Waals surface area contributed by atoms with Crippen LogP contribution < -0.4 is 10.6 Å². The van der Waals surface area contributed by atoms with Gasteiger partial charge in [0.2, 0.25) is 0 Å². The van der Waals surface area contributed by atoms with Gasteiger partial charge in [-0.05, 0) is 93.5 Å². The van der Waals surface area contributed by atoms with E-state index in [4.69, 9.17) is 14.6 Å². The molecule has 2 aromatic carbocycles. The van der Waals surface area contributed by atoms with E-state index in [1.807, 2.05) is 0 Å². The number of aliphatic hydroxyl groups is 2. The van der Waals surface area contributed by atoms with Crippen LogP contribution in [0.1, 0.15) is 63.9 Å². The summed E-state index contributed by atoms with van der Waals surface area (Å²) in [7, 11) is 1.60. The fourth-order valence-corrected chi connectivity index (χ4v) is 6.08. The van der Waals surface area contributed by atoms with Crippen molar-refractivity contribution in [3.8, 4) is 0 Å². The van der Waals surface area contributed by atoms with Crippen LogP contribution in [0.2, 0.25) is 0 Å². The Hall–Kier alpha value is -2.96. The number of hydrogen-bond donors (Lipinski definition) is 4. The van der Waals surface area contributed by atoms with Gasteiger partial charge in [-0.25, -0.2) is 8.78 Å². The molecular formula is C32H43F2N3O6. The van der Waals surface area contributed by atoms with E-state index >= 15 is 0 Å². The lowest BCUT2D eigenvalue weighted by atomic mass is 9.90. The molecule has 5 atom stereocenters. The average molecular weight is 604 g/mol. The quantitative estimate of drug-likeness (QED) is 0.260. The van der Waals surface area contributed by atoms with Gasteiger partial charge < -0.3 is 35.2 Å². The van der Waals surface area contributed by atoms with Crippen molar-refractivity contribution < 1.29 is 38.1 Å². The minimum atomic E-state index is -1.12. The molecule has 236 valence electrons. The fourth-order valence-electron chi connectivity index (χ4n) is 6.08. The van der Waals surface area contributed by atoms with E-state index in [9.17, 15) is 23.5 Å². The minimum Gasteiger partial charge on any atom is -0.396 e. The lowest BCUT2D eigenvalue weighted by molar-refractivity contribution is -0.0113. The molecule has 2 fully saturated rings. The molecule has 2 amide bonds. The first kappa shape index (κ1) is 32.9. The van der Waals surface area contributed by atoms with Gasteiger partial charge in [0.25, 0.3) is 11.8 Å². The van der Waals surface area contributed by atoms with Crippen LogP contribution in [0.3, 0.4) is 0 Å². The molecule has 43 heavy (non-hydrogen) atoms. The second kappa shape index (κ2) is 15.7. The molecule has 11 heteroatoms. The van der Waals surface area contributed by atoms with Crippen LogP contribution in [0.4, 0.5) is 8.78 Å². The van der Waals surface area contributed by atoms with Crippen molar-refractivity contribution in [3.63, 3.8) is 0 Å². The van der Waals surface area contributed by atoms with Crippen LogP contribution in [-0.4, -0.2) is 97.3 Å². The number of aryl methyl sites for hydroxylation is 1. The van der Waals surface area contributed by atoms with Crippen molar-refractivity contribution in [2.24, 2.45) is 0 Å². The molecule has 2 aromatic rings. The number of halogens is 2. The first-order valence-corrected chi connectivity index (χ1v) is 15.0. The average Bonchev–Trinajstić information content (AvgIpc) is 3.44. The fraction of sp³-hybridized carbons (Fsp3) is 0.562. The summed E-state index contributed by atoms with van der Waals surface area (Å²) in [5.74, 6) is -2.20. The first-order chi connectivity index (χ1) is 20.7. The Morgan fingerprint density at radius 3 is 2.58 bits per heavy atom. The molecular weight excluding hydrogens is 560 g/mol. The van der Waals surface area contributed by atoms with Crippen molar-refractivity contribution in [2.45, 2.75) is 75.8 Å². The minimum absolute atomic E-state index is 0.0212. The highest BCUT2D eigenvalue weighted by Crippen LogP contribution is 2.23. The maximum atomic E-state index is 14.0. The van der Waals surface area contributed by atoms with Crippen molar-refractivity contribution >= 4 is 11.8 Å². The van der Waals surface area contributed by atoms with Crippen molar-refractivity contribution in [2.75, 3.05) is 40.0 Å². The molecule has 2 heterocycles. The van der Waals surface area contributed by atoms with Gasteiger partial charge >= 0.3 is 0 Å². The van der Waals surface area contributed by atoms with Gasteiger partial charge in [-0.1, -0.05) is 0 Å². The summed E-state index contributed by atoms with van der Waals surface area (Å²) in [6.45, 7) is 3.84. The number of rotatable bonds is 13. The van der Waals surface area contributed by atoms with E-state index in [-0.39, 0.29) is 42.2 Å². The van der Waals surface area contributed by atoms with Crippen LogP contribution >= 0.6 is 0 Å². The normalized spacial score (nSPS) is 21.9. The van der Waals surface area contributed by atoms with Gasteiger partial charge in [-0.15, -0.1) is 0 Å². The summed E-state index contributed by atoms with van der Waals surface area (Å²) >= 11 is 0. The molecule has 0 bridgehead atoms. The third-order valence-electron chi connectivity index (χ3n) is 8.15. The first-order valence-electron chi connectivity index (χ1n) is 15.0. The predicted octanol–water partition coefficient (Wildman–Crippen LogP) is 2.75. The van der Waals surface area contributed by atoms with Gasteiger partial charge in [-0.3, -0.25) is 9.59 Å². The van der Waals surface area contributed by atoms with E-state index in [1.165, 1.54) is 12.1 Å². The van der Waals surface area contributed by atoms with Gasteiger partial charge in [0.1, 0.15) is 11.6 Å². The third kappa shape index (κ3) is 9.02. The number of likely N-dealkylation sites (tertiary alicyclic amines) is 1. The molecule has 0 saturated carbocycles. The maximum Gasteiger partial charge on any atom is 0.254 e. The Labute approximate surface area is 251 Å². The second-order valence-electron chi connectivity index (χ2n) is 11.5. The highest BCUT2D eigenvalue weighted by atomic mass is 19.1. The lowest BCUT2D eigenvalue weighted by Gasteiger charge is -2.37. The highest BCUT2D eigenvalue weighted by Gasteiger charge is 2.34. The van der Waals surface area contributed by atoms with Crippen LogP contribution in [0.5, 0.6) is 0 Å². The Morgan fingerprint density at radius 1 is 1.12 bits per heavy atom. The van der Waals surface area contributed by atoms with E-state index in [0.29, 0.717) is 44.7 Å². The van der Waals surface area contributed by atoms with E-state index < -0.39 is 35.7 Å². The zero-order chi connectivity index (χ0) is 30.9. The van der Waals surface area contributed by atoms with Gasteiger partial charge in [0.05, 0.1) is 30.9 Å². The molecule has 9 nitrogen and oxygen atoms in total. The SMILES string of the molecule is COC[C@H]1CCCN1C(=O)c1cc(C)cc(C(=O)NC(Cc2cc(F)cc(F)c2)C(O)C2CC(OCCCO)CCN2)c1. The topological polar surface area (TPSA) is 120 Å². The number of amides is 2. The molecule has 0 aromatic heterocycles. The maximum absolute atomic E-state index is 14.0. The zero-order valence-electron chi connectivity index (χ0n) is 24.9. The number of benzene rings is 2. The second-order valence-corrected chi connectivity index (χ2v) is 11.5. The monoisotopic (exact) mass is 603 g/mol. The van der Waals surface area contributed by atoms with Gasteiger partial charge in [0.15, 0.2) is 0 Å². The van der Waals surface area contributed by atoms with Crippen molar-refractivity contribution in [1.29, 1.82) is 0 Å². The number of methoxy groups -OCH3 is 1. The molecule has 4 unspecified atom stereocenters. The predicted molar refractivity (Wildman–Crippen MR) is 157 cm³/mol. The summed E-state index contributed by atoms with van der Waals surface area (Å²) in [5.41, 5.74) is 1.64. The van der Waals surface area contributed by atoms with Gasteiger partial charge in [0, 0.05) is 50.1 Å². The van der Waals surface area contributed by atoms with Crippen LogP contribution in [0.15, 0.2) is 36.4 Å². The Bertz CT molecular complexity index is 1230. The number of carbonyl (C=O) groups is 2. The number of nitrogens with one attached hydrogen (secondary N) is 2. The van der Waals surface area contributed by atoms with Crippen LogP contribution in [0.25, 0.3) is 0 Å². The zero-order valence-corrected chi connectivity index (χ0v) is 24.9. The number of hydrogen-bond acceptors (Lipinski definition) is 7. The Morgan fingerprint density at radius 2 is 1.86 bits per heavy atom. The molecule has 2 saturated heterocycles. The lowest BCUT2D eigenvalue weighted by Crippen LogP contribution is -2.57. The number of ether oxygens (including phenoxy) is 2. The molecule has 0 spiro atoms. The molecule has 4 N–H and O–H groups in total. The summed E-state index contributed by atoms with van der Waals surface area (Å²) in [6.07, 6.45) is 2.12. The highest BCUT2D eigenvalue weighted by molar-refractivity contribution is 6.00. The number of aliphatic hydroxyl groups excluding tert-OH is 2. The molecule has 0 radical (unpaired) electrons. The van der Waals surface area contributed by atoms with Crippen LogP contribution in [-0.2, 0) is 15.9 Å². The van der Waals surface area contributed by atoms with Crippen molar-refractivity contribution in [3.05, 3.63) is 70.3 Å². The molecule has 0 aliphatic carbocycles. The Kier molecular flexibility index (Phi) is 12.0. The van der Waals surface area contributed by atoms with E-state index in [2.05, 4.69) is 10.6 Å². The summed E-state index contributed by atoms with van der Waals surface area (Å²) in [4.78, 5) is 28.8.